The van der Waals surface area contributed by atoms with Gasteiger partial charge in [-0.2, -0.15) is 0 Å². The van der Waals surface area contributed by atoms with Gasteiger partial charge in [0.1, 0.15) is 23.6 Å². The molecule has 2 N–H and O–H groups in total. The smallest absolute Gasteiger partial charge is 0.274 e. The van der Waals surface area contributed by atoms with Crippen molar-refractivity contribution in [3.05, 3.63) is 71.7 Å². The third-order valence-electron chi connectivity index (χ3n) is 4.20. The Hall–Kier alpha value is -3.41. The number of ether oxygens (including phenoxy) is 1. The summed E-state index contributed by atoms with van der Waals surface area (Å²) in [4.78, 5) is 20.9. The van der Waals surface area contributed by atoms with Gasteiger partial charge in [0.2, 0.25) is 0 Å². The number of carbonyl (C=O) groups is 1. The zero-order valence-corrected chi connectivity index (χ0v) is 15.6. The second kappa shape index (κ2) is 8.31. The highest BCUT2D eigenvalue weighted by Crippen LogP contribution is 2.26. The number of aromatic nitrogens is 2. The molecule has 1 heterocycles. The fourth-order valence-corrected chi connectivity index (χ4v) is 2.61. The number of rotatable bonds is 6. The van der Waals surface area contributed by atoms with Gasteiger partial charge >= 0.3 is 0 Å². The minimum absolute atomic E-state index is 0.280. The number of hydrogen-bond acceptors (Lipinski definition) is 5. The van der Waals surface area contributed by atoms with Crippen LogP contribution in [0.3, 0.4) is 0 Å². The quantitative estimate of drug-likeness (QED) is 0.676. The molecule has 0 saturated carbocycles. The standard InChI is InChI=1S/C21H22N4O2/c1-4-27-19-11-6-5-9-17(19)24-20-12-18(22-13-23-20)21(26)25-16-10-7-8-14(2)15(16)3/h5-13H,4H2,1-3H3,(H,25,26)(H,22,23,24). The van der Waals surface area contributed by atoms with Crippen molar-refractivity contribution in [3.8, 4) is 5.75 Å². The Balaban J connectivity index is 1.79. The van der Waals surface area contributed by atoms with Crippen LogP contribution in [0, 0.1) is 13.8 Å². The Morgan fingerprint density at radius 3 is 2.63 bits per heavy atom. The predicted octanol–water partition coefficient (Wildman–Crippen LogP) is 4.49. The van der Waals surface area contributed by atoms with Gasteiger partial charge < -0.3 is 15.4 Å². The summed E-state index contributed by atoms with van der Waals surface area (Å²) in [5.74, 6) is 0.954. The van der Waals surface area contributed by atoms with Crippen LogP contribution in [0.15, 0.2) is 54.9 Å². The molecule has 0 radical (unpaired) electrons. The van der Waals surface area contributed by atoms with Crippen molar-refractivity contribution in [2.24, 2.45) is 0 Å². The lowest BCUT2D eigenvalue weighted by Crippen LogP contribution is -2.15. The maximum atomic E-state index is 12.6. The molecule has 0 aliphatic heterocycles. The molecule has 6 nitrogen and oxygen atoms in total. The van der Waals surface area contributed by atoms with E-state index in [1.807, 2.05) is 63.2 Å². The molecular weight excluding hydrogens is 340 g/mol. The van der Waals surface area contributed by atoms with E-state index < -0.39 is 0 Å². The van der Waals surface area contributed by atoms with Crippen LogP contribution in [-0.2, 0) is 0 Å². The number of benzene rings is 2. The van der Waals surface area contributed by atoms with Gasteiger partial charge in [-0.25, -0.2) is 9.97 Å². The molecule has 6 heteroatoms. The fraction of sp³-hybridized carbons (Fsp3) is 0.190. The first-order valence-corrected chi connectivity index (χ1v) is 8.77. The van der Waals surface area contributed by atoms with E-state index in [4.69, 9.17) is 4.74 Å². The summed E-state index contributed by atoms with van der Waals surface area (Å²) in [6.45, 7) is 6.47. The van der Waals surface area contributed by atoms with Crippen LogP contribution in [0.25, 0.3) is 0 Å². The highest BCUT2D eigenvalue weighted by molar-refractivity contribution is 6.03. The Morgan fingerprint density at radius 1 is 1.04 bits per heavy atom. The second-order valence-electron chi connectivity index (χ2n) is 6.04. The topological polar surface area (TPSA) is 76.1 Å². The number of nitrogens with zero attached hydrogens (tertiary/aromatic N) is 2. The molecule has 0 atom stereocenters. The van der Waals surface area contributed by atoms with Crippen molar-refractivity contribution in [2.45, 2.75) is 20.8 Å². The molecule has 138 valence electrons. The third-order valence-corrected chi connectivity index (χ3v) is 4.20. The van der Waals surface area contributed by atoms with E-state index >= 15 is 0 Å². The number of carbonyl (C=O) groups excluding carboxylic acids is 1. The normalized spacial score (nSPS) is 10.3. The van der Waals surface area contributed by atoms with E-state index in [0.29, 0.717) is 12.4 Å². The van der Waals surface area contributed by atoms with Crippen LogP contribution in [0.2, 0.25) is 0 Å². The molecule has 3 rings (SSSR count). The summed E-state index contributed by atoms with van der Waals surface area (Å²) >= 11 is 0. The highest BCUT2D eigenvalue weighted by Gasteiger charge is 2.12. The van der Waals surface area contributed by atoms with E-state index in [2.05, 4.69) is 20.6 Å². The zero-order chi connectivity index (χ0) is 19.2. The van der Waals surface area contributed by atoms with Gasteiger partial charge in [0, 0.05) is 11.8 Å². The minimum atomic E-state index is -0.285. The van der Waals surface area contributed by atoms with E-state index in [0.717, 1.165) is 28.3 Å². The number of anilines is 3. The molecular formula is C21H22N4O2. The van der Waals surface area contributed by atoms with Gasteiger partial charge in [0.15, 0.2) is 0 Å². The maximum Gasteiger partial charge on any atom is 0.274 e. The van der Waals surface area contributed by atoms with Gasteiger partial charge in [-0.15, -0.1) is 0 Å². The molecule has 0 spiro atoms. The number of amides is 1. The van der Waals surface area contributed by atoms with Crippen LogP contribution in [0.5, 0.6) is 5.75 Å². The number of para-hydroxylation sites is 2. The second-order valence-corrected chi connectivity index (χ2v) is 6.04. The largest absolute Gasteiger partial charge is 0.492 e. The fourth-order valence-electron chi connectivity index (χ4n) is 2.61. The van der Waals surface area contributed by atoms with E-state index in [9.17, 15) is 4.79 Å². The first kappa shape index (κ1) is 18.4. The zero-order valence-electron chi connectivity index (χ0n) is 15.6. The minimum Gasteiger partial charge on any atom is -0.492 e. The van der Waals surface area contributed by atoms with Crippen LogP contribution in [0.1, 0.15) is 28.5 Å². The SMILES string of the molecule is CCOc1ccccc1Nc1cc(C(=O)Nc2cccc(C)c2C)ncn1. The molecule has 1 amide bonds. The van der Waals surface area contributed by atoms with Gasteiger partial charge in [-0.1, -0.05) is 24.3 Å². The molecule has 0 aliphatic rings. The lowest BCUT2D eigenvalue weighted by molar-refractivity contribution is 0.102. The molecule has 2 aromatic carbocycles. The van der Waals surface area contributed by atoms with Gasteiger partial charge in [-0.05, 0) is 50.1 Å². The van der Waals surface area contributed by atoms with Crippen LogP contribution in [-0.4, -0.2) is 22.5 Å². The first-order valence-electron chi connectivity index (χ1n) is 8.77. The molecule has 27 heavy (non-hydrogen) atoms. The average molecular weight is 362 g/mol. The van der Waals surface area contributed by atoms with Crippen molar-refractivity contribution in [2.75, 3.05) is 17.2 Å². The van der Waals surface area contributed by atoms with Crippen molar-refractivity contribution < 1.29 is 9.53 Å². The van der Waals surface area contributed by atoms with Crippen molar-refractivity contribution in [1.29, 1.82) is 0 Å². The van der Waals surface area contributed by atoms with E-state index in [-0.39, 0.29) is 11.6 Å². The molecule has 1 aromatic heterocycles. The van der Waals surface area contributed by atoms with Crippen LogP contribution >= 0.6 is 0 Å². The molecule has 0 aliphatic carbocycles. The summed E-state index contributed by atoms with van der Waals surface area (Å²) in [5, 5.41) is 6.09. The van der Waals surface area contributed by atoms with Crippen molar-refractivity contribution in [1.82, 2.24) is 9.97 Å². The monoisotopic (exact) mass is 362 g/mol. The lowest BCUT2D eigenvalue weighted by atomic mass is 10.1. The van der Waals surface area contributed by atoms with Gasteiger partial charge in [-0.3, -0.25) is 4.79 Å². The maximum absolute atomic E-state index is 12.6. The summed E-state index contributed by atoms with van der Waals surface area (Å²) in [7, 11) is 0. The molecule has 0 saturated heterocycles. The van der Waals surface area contributed by atoms with E-state index in [1.54, 1.807) is 6.07 Å². The number of hydrogen-bond donors (Lipinski definition) is 2. The summed E-state index contributed by atoms with van der Waals surface area (Å²) < 4.78 is 5.61. The highest BCUT2D eigenvalue weighted by atomic mass is 16.5. The Kier molecular flexibility index (Phi) is 5.66. The molecule has 0 unspecified atom stereocenters. The molecule has 0 fully saturated rings. The first-order chi connectivity index (χ1) is 13.1. The van der Waals surface area contributed by atoms with Crippen LogP contribution in [0.4, 0.5) is 17.2 Å². The van der Waals surface area contributed by atoms with Crippen molar-refractivity contribution in [3.63, 3.8) is 0 Å². The summed E-state index contributed by atoms with van der Waals surface area (Å²) in [5.41, 5.74) is 3.98. The Bertz CT molecular complexity index is 956. The molecule has 0 bridgehead atoms. The summed E-state index contributed by atoms with van der Waals surface area (Å²) in [6, 6.07) is 15.0. The van der Waals surface area contributed by atoms with Crippen molar-refractivity contribution >= 4 is 23.1 Å². The van der Waals surface area contributed by atoms with Gasteiger partial charge in [0.05, 0.1) is 12.3 Å². The lowest BCUT2D eigenvalue weighted by Gasteiger charge is -2.12. The van der Waals surface area contributed by atoms with Gasteiger partial charge in [0.25, 0.3) is 5.91 Å². The predicted molar refractivity (Wildman–Crippen MR) is 107 cm³/mol. The van der Waals surface area contributed by atoms with Crippen LogP contribution < -0.4 is 15.4 Å². The number of aryl methyl sites for hydroxylation is 1. The average Bonchev–Trinajstić information content (AvgIpc) is 2.67. The number of nitrogens with one attached hydrogen (secondary N) is 2. The molecule has 3 aromatic rings. The Morgan fingerprint density at radius 2 is 1.81 bits per heavy atom. The third kappa shape index (κ3) is 4.41. The Labute approximate surface area is 158 Å². The van der Waals surface area contributed by atoms with E-state index in [1.165, 1.54) is 6.33 Å². The summed E-state index contributed by atoms with van der Waals surface area (Å²) in [6.07, 6.45) is 1.36.